The molecule has 28 heteroatoms. The van der Waals surface area contributed by atoms with Crippen molar-refractivity contribution in [3.63, 3.8) is 0 Å². The van der Waals surface area contributed by atoms with Gasteiger partial charge in [-0.25, -0.2) is 34.8 Å². The van der Waals surface area contributed by atoms with Crippen LogP contribution in [0.25, 0.3) is 21.5 Å². The van der Waals surface area contributed by atoms with Crippen LogP contribution < -0.4 is 111 Å². The van der Waals surface area contributed by atoms with Crippen LogP contribution in [-0.4, -0.2) is 66.2 Å². The van der Waals surface area contributed by atoms with Crippen molar-refractivity contribution in [2.75, 3.05) is 22.1 Å². The number of hydrogen-bond donors (Lipinski definition) is 7. The topological polar surface area (TPSA) is 392 Å². The number of fused-ring (bicyclic) bond motifs is 2. The van der Waals surface area contributed by atoms with E-state index in [1.807, 2.05) is 0 Å². The number of nitrogens with two attached hydrogens (primary N) is 2. The molecule has 0 aliphatic heterocycles. The maximum absolute atomic E-state index is 12.9. The third kappa shape index (κ3) is 11.6. The molecule has 0 unspecified atom stereocenters. The molecule has 62 heavy (non-hydrogen) atoms. The van der Waals surface area contributed by atoms with E-state index in [-0.39, 0.29) is 150 Å². The van der Waals surface area contributed by atoms with E-state index in [2.05, 4.69) is 31.1 Å². The Morgan fingerprint density at radius 1 is 0.548 bits per heavy atom. The summed E-state index contributed by atoms with van der Waals surface area (Å²) in [6.45, 7) is 0. The van der Waals surface area contributed by atoms with Crippen molar-refractivity contribution >= 4 is 109 Å². The van der Waals surface area contributed by atoms with Crippen LogP contribution in [0.2, 0.25) is 0 Å². The van der Waals surface area contributed by atoms with Crippen LogP contribution in [0, 0.1) is 0 Å². The van der Waals surface area contributed by atoms with Gasteiger partial charge in [-0.1, -0.05) is 12.1 Å². The first-order valence-electron chi connectivity index (χ1n) is 15.9. The second-order valence-corrected chi connectivity index (χ2v) is 16.3. The van der Waals surface area contributed by atoms with E-state index in [0.717, 1.165) is 42.5 Å². The molecule has 6 aromatic carbocycles. The summed E-state index contributed by atoms with van der Waals surface area (Å²) in [6, 6.07) is 13.6. The molecule has 22 nitrogen and oxygen atoms in total. The number of aromatic hydroxyl groups is 2. The summed E-state index contributed by atoms with van der Waals surface area (Å²) < 4.78 is 106. The van der Waals surface area contributed by atoms with Gasteiger partial charge in [-0.15, -0.1) is 20.5 Å². The summed E-state index contributed by atoms with van der Waals surface area (Å²) in [5, 5.41) is 50.8. The molecule has 6 rings (SSSR count). The quantitative estimate of drug-likeness (QED) is 0.0303. The molecule has 0 radical (unpaired) electrons. The number of amides is 2. The monoisotopic (exact) mass is 932 g/mol. The molecule has 0 heterocycles. The number of nitrogens with one attached hydrogen (secondary N) is 2. The van der Waals surface area contributed by atoms with Crippen molar-refractivity contribution in [2.45, 2.75) is 14.7 Å². The van der Waals surface area contributed by atoms with E-state index < -0.39 is 79.8 Å². The van der Waals surface area contributed by atoms with Gasteiger partial charge in [0, 0.05) is 11.4 Å². The zero-order valence-corrected chi connectivity index (χ0v) is 40.5. The molecule has 0 atom stereocenters. The minimum Gasteiger partial charge on any atom is -0.744 e. The van der Waals surface area contributed by atoms with Gasteiger partial charge in [0.25, 0.3) is 0 Å². The van der Waals surface area contributed by atoms with Gasteiger partial charge in [-0.3, -0.25) is 0 Å². The van der Waals surface area contributed by atoms with Crippen LogP contribution >= 0.6 is 0 Å². The molecule has 0 aliphatic rings. The first-order valence-corrected chi connectivity index (χ1v) is 20.1. The number of nitrogens with zero attached hydrogens (tertiary/aromatic N) is 4. The van der Waals surface area contributed by atoms with Gasteiger partial charge in [-0.05, 0) is 83.6 Å². The summed E-state index contributed by atoms with van der Waals surface area (Å²) in [5.41, 5.74) is 9.63. The number of rotatable bonds is 10. The SMILES string of the molecule is Nc1ccc2cc(S(=O)(=O)[O-])cc(O)c2c1N=Nc1ccc(NC(=O)Nc2ccc(N=Nc3c(N)ccc4cc(S(=O)(=O)[O-])cc(O)c34)c(S(=O)(=O)[O-])c2)cc1C(=O)O.[Na+].[Na+].[Na+]. The van der Waals surface area contributed by atoms with Gasteiger partial charge in [0.15, 0.2) is 0 Å². The molecule has 0 aromatic heterocycles. The van der Waals surface area contributed by atoms with Gasteiger partial charge >= 0.3 is 101 Å². The third-order valence-electron chi connectivity index (χ3n) is 8.21. The number of benzene rings is 6. The average molecular weight is 933 g/mol. The van der Waals surface area contributed by atoms with E-state index in [0.29, 0.717) is 12.1 Å². The summed E-state index contributed by atoms with van der Waals surface area (Å²) in [6.07, 6.45) is 0. The van der Waals surface area contributed by atoms with Gasteiger partial charge in [0.2, 0.25) is 0 Å². The molecule has 0 bridgehead atoms. The number of urea groups is 1. The number of carboxylic acids is 1. The predicted molar refractivity (Wildman–Crippen MR) is 205 cm³/mol. The van der Waals surface area contributed by atoms with Gasteiger partial charge < -0.3 is 51.1 Å². The number of carbonyl (C=O) groups excluding carboxylic acids is 1. The molecule has 9 N–H and O–H groups in total. The Morgan fingerprint density at radius 3 is 1.39 bits per heavy atom. The van der Waals surface area contributed by atoms with Gasteiger partial charge in [-0.2, -0.15) is 0 Å². The predicted octanol–water partition coefficient (Wildman–Crippen LogP) is -3.53. The van der Waals surface area contributed by atoms with E-state index in [1.165, 1.54) is 30.3 Å². The van der Waals surface area contributed by atoms with Crippen molar-refractivity contribution in [1.29, 1.82) is 0 Å². The molecule has 0 aliphatic carbocycles. The normalized spacial score (nSPS) is 11.8. The van der Waals surface area contributed by atoms with E-state index >= 15 is 0 Å². The average Bonchev–Trinajstić information content (AvgIpc) is 3.13. The van der Waals surface area contributed by atoms with Crippen LogP contribution in [0.15, 0.2) is 120 Å². The second-order valence-electron chi connectivity index (χ2n) is 12.1. The standard InChI is InChI=1S/C34H26N8O14S3.3Na/c35-22-5-1-15-9-19(57(48,49)50)13-26(43)29(15)31(22)41-39-24-7-3-17(11-21(24)33(45)46)37-34(47)38-18-4-8-25(28(12-18)59(54,55)56)40-42-32-23(36)6-2-16-10-20(58(51,52)53)14-27(44)30(16)32;;;/h1-14,43-44H,35-36H2,(H,45,46)(H2,37,38,47)(H,48,49,50)(H,51,52,53)(H,54,55,56);;;/q;3*+1/p-3. The first kappa shape index (κ1) is 52.1. The maximum Gasteiger partial charge on any atom is 1.00 e. The number of anilines is 4. The Labute approximate surface area is 416 Å². The molecule has 2 amide bonds. The van der Waals surface area contributed by atoms with Crippen molar-refractivity contribution in [2.24, 2.45) is 20.5 Å². The van der Waals surface area contributed by atoms with E-state index in [4.69, 9.17) is 11.5 Å². The van der Waals surface area contributed by atoms with E-state index in [9.17, 15) is 63.8 Å². The summed E-state index contributed by atoms with van der Waals surface area (Å²) in [5.74, 6) is -2.92. The largest absolute Gasteiger partial charge is 1.00 e. The minimum atomic E-state index is -5.31. The Balaban J connectivity index is 0.00000341. The number of carboxylic acid groups (broad SMARTS) is 1. The van der Waals surface area contributed by atoms with Crippen molar-refractivity contribution < 1.29 is 152 Å². The Kier molecular flexibility index (Phi) is 16.8. The van der Waals surface area contributed by atoms with Crippen molar-refractivity contribution in [1.82, 2.24) is 0 Å². The molecular formula is C34H23N8Na3O14S3. The molecule has 0 saturated carbocycles. The number of carbonyl (C=O) groups is 2. The van der Waals surface area contributed by atoms with Crippen molar-refractivity contribution in [3.05, 3.63) is 90.5 Å². The fourth-order valence-corrected chi connectivity index (χ4v) is 7.27. The maximum atomic E-state index is 12.9. The Bertz CT molecular complexity index is 3210. The molecule has 0 spiro atoms. The van der Waals surface area contributed by atoms with Gasteiger partial charge in [0.1, 0.15) is 64.6 Å². The van der Waals surface area contributed by atoms with Crippen LogP contribution in [0.3, 0.4) is 0 Å². The van der Waals surface area contributed by atoms with Crippen LogP contribution in [-0.2, 0) is 30.4 Å². The summed E-state index contributed by atoms with van der Waals surface area (Å²) in [4.78, 5) is 22.6. The second kappa shape index (κ2) is 20.0. The number of phenols is 2. The molecule has 0 saturated heterocycles. The number of azo groups is 2. The molecule has 304 valence electrons. The third-order valence-corrected chi connectivity index (χ3v) is 10.7. The molecule has 0 fully saturated rings. The first-order chi connectivity index (χ1) is 27.5. The number of nitrogen functional groups attached to an aromatic ring is 2. The Morgan fingerprint density at radius 2 is 0.968 bits per heavy atom. The zero-order valence-electron chi connectivity index (χ0n) is 32.1. The number of aromatic carboxylic acids is 1. The van der Waals surface area contributed by atoms with E-state index in [1.54, 1.807) is 0 Å². The molecule has 6 aromatic rings. The fourth-order valence-electron chi connectivity index (χ4n) is 5.58. The summed E-state index contributed by atoms with van der Waals surface area (Å²) >= 11 is 0. The zero-order chi connectivity index (χ0) is 43.2. The number of phenolic OH excluding ortho intramolecular Hbond substituents is 2. The van der Waals surface area contributed by atoms with Crippen LogP contribution in [0.4, 0.5) is 50.3 Å². The fraction of sp³-hybridized carbons (Fsp3) is 0. The Hall–Kier alpha value is -4.29. The molecular weight excluding hydrogens is 910 g/mol. The van der Waals surface area contributed by atoms with Gasteiger partial charge in [0.05, 0.1) is 42.4 Å². The van der Waals surface area contributed by atoms with Crippen molar-refractivity contribution in [3.8, 4) is 11.5 Å². The minimum absolute atomic E-state index is 0. The smallest absolute Gasteiger partial charge is 0.744 e. The van der Waals surface area contributed by atoms with Crippen LogP contribution in [0.5, 0.6) is 11.5 Å². The number of hydrogen-bond acceptors (Lipinski definition) is 19. The van der Waals surface area contributed by atoms with Crippen LogP contribution in [0.1, 0.15) is 10.4 Å². The summed E-state index contributed by atoms with van der Waals surface area (Å²) in [7, 11) is -15.2.